The first-order chi connectivity index (χ1) is 11.2. The maximum absolute atomic E-state index is 12.0. The van der Waals surface area contributed by atoms with E-state index in [0.717, 1.165) is 10.6 Å². The van der Waals surface area contributed by atoms with Gasteiger partial charge in [-0.2, -0.15) is 4.98 Å². The molecule has 0 saturated heterocycles. The molecule has 0 atom stereocenters. The monoisotopic (exact) mass is 328 g/mol. The highest BCUT2D eigenvalue weighted by atomic mass is 32.1. The summed E-state index contributed by atoms with van der Waals surface area (Å²) < 4.78 is 5.18. The average Bonchev–Trinajstić information content (AvgIpc) is 3.25. The Morgan fingerprint density at radius 1 is 1.26 bits per heavy atom. The van der Waals surface area contributed by atoms with Crippen LogP contribution in [0.4, 0.5) is 5.69 Å². The summed E-state index contributed by atoms with van der Waals surface area (Å²) in [5.74, 6) is 0.926. The van der Waals surface area contributed by atoms with E-state index in [2.05, 4.69) is 15.6 Å². The van der Waals surface area contributed by atoms with Crippen LogP contribution in [0.15, 0.2) is 52.4 Å². The number of anilines is 1. The Bertz CT molecular complexity index is 756. The summed E-state index contributed by atoms with van der Waals surface area (Å²) in [5, 5.41) is 7.57. The molecular formula is C16H16N4O2S. The second-order valence-corrected chi connectivity index (χ2v) is 5.87. The van der Waals surface area contributed by atoms with E-state index in [1.165, 1.54) is 0 Å². The normalized spacial score (nSPS) is 10.5. The van der Waals surface area contributed by atoms with Crippen LogP contribution in [0.5, 0.6) is 0 Å². The Morgan fingerprint density at radius 3 is 2.83 bits per heavy atom. The highest BCUT2D eigenvalue weighted by Crippen LogP contribution is 2.21. The Labute approximate surface area is 137 Å². The summed E-state index contributed by atoms with van der Waals surface area (Å²) in [6.07, 6.45) is 0.691. The number of amides is 1. The van der Waals surface area contributed by atoms with E-state index in [1.54, 1.807) is 23.4 Å². The number of thiophene rings is 1. The van der Waals surface area contributed by atoms with Gasteiger partial charge in [-0.05, 0) is 23.6 Å². The van der Waals surface area contributed by atoms with E-state index in [-0.39, 0.29) is 12.3 Å². The standard InChI is InChI=1S/C16H16N4O2S/c1-20(12-6-3-2-4-7-12)18-14(21)9-10-15-17-16(19-22-15)13-8-5-11-23-13/h2-8,11H,9-10H2,1H3,(H,18,21). The van der Waals surface area contributed by atoms with Crippen molar-refractivity contribution in [1.29, 1.82) is 0 Å². The van der Waals surface area contributed by atoms with Gasteiger partial charge in [-0.15, -0.1) is 11.3 Å². The van der Waals surface area contributed by atoms with Crippen LogP contribution in [0.1, 0.15) is 12.3 Å². The maximum atomic E-state index is 12.0. The summed E-state index contributed by atoms with van der Waals surface area (Å²) >= 11 is 1.55. The molecule has 0 aliphatic rings. The summed E-state index contributed by atoms with van der Waals surface area (Å²) in [4.78, 5) is 17.2. The first-order valence-electron chi connectivity index (χ1n) is 7.17. The molecular weight excluding hydrogens is 312 g/mol. The van der Waals surface area contributed by atoms with Gasteiger partial charge in [0.2, 0.25) is 17.6 Å². The molecule has 1 N–H and O–H groups in total. The Balaban J connectivity index is 1.51. The van der Waals surface area contributed by atoms with Crippen molar-refractivity contribution < 1.29 is 9.32 Å². The highest BCUT2D eigenvalue weighted by molar-refractivity contribution is 7.13. The van der Waals surface area contributed by atoms with E-state index >= 15 is 0 Å². The first kappa shape index (κ1) is 15.2. The van der Waals surface area contributed by atoms with Crippen molar-refractivity contribution in [1.82, 2.24) is 15.6 Å². The van der Waals surface area contributed by atoms with E-state index in [9.17, 15) is 4.79 Å². The van der Waals surface area contributed by atoms with Gasteiger partial charge in [0.05, 0.1) is 10.6 Å². The van der Waals surface area contributed by atoms with E-state index in [0.29, 0.717) is 18.1 Å². The fourth-order valence-corrected chi connectivity index (χ4v) is 2.69. The molecule has 0 unspecified atom stereocenters. The molecule has 7 heteroatoms. The number of para-hydroxylation sites is 1. The third-order valence-electron chi connectivity index (χ3n) is 3.21. The molecule has 1 aromatic carbocycles. The van der Waals surface area contributed by atoms with Gasteiger partial charge in [0.15, 0.2) is 0 Å². The Hall–Kier alpha value is -2.67. The van der Waals surface area contributed by atoms with Crippen LogP contribution >= 0.6 is 11.3 Å². The zero-order chi connectivity index (χ0) is 16.1. The minimum absolute atomic E-state index is 0.104. The minimum Gasteiger partial charge on any atom is -0.339 e. The van der Waals surface area contributed by atoms with E-state index in [4.69, 9.17) is 4.52 Å². The molecule has 0 bridgehead atoms. The molecule has 3 rings (SSSR count). The van der Waals surface area contributed by atoms with Gasteiger partial charge in [-0.25, -0.2) is 0 Å². The van der Waals surface area contributed by atoms with Crippen molar-refractivity contribution in [3.63, 3.8) is 0 Å². The fourth-order valence-electron chi connectivity index (χ4n) is 2.04. The molecule has 0 aliphatic carbocycles. The van der Waals surface area contributed by atoms with Crippen molar-refractivity contribution in [2.75, 3.05) is 12.1 Å². The number of nitrogens with one attached hydrogen (secondary N) is 1. The number of carbonyl (C=O) groups excluding carboxylic acids is 1. The Morgan fingerprint density at radius 2 is 2.09 bits per heavy atom. The molecule has 0 radical (unpaired) electrons. The molecule has 0 aliphatic heterocycles. The zero-order valence-electron chi connectivity index (χ0n) is 12.6. The highest BCUT2D eigenvalue weighted by Gasteiger charge is 2.12. The van der Waals surface area contributed by atoms with Crippen LogP contribution in [-0.4, -0.2) is 23.1 Å². The maximum Gasteiger partial charge on any atom is 0.239 e. The SMILES string of the molecule is CN(NC(=O)CCc1nc(-c2cccs2)no1)c1ccccc1. The van der Waals surface area contributed by atoms with Gasteiger partial charge >= 0.3 is 0 Å². The van der Waals surface area contributed by atoms with Crippen molar-refractivity contribution in [2.24, 2.45) is 0 Å². The van der Waals surface area contributed by atoms with Crippen molar-refractivity contribution >= 4 is 22.9 Å². The molecule has 0 saturated carbocycles. The fraction of sp³-hybridized carbons (Fsp3) is 0.188. The van der Waals surface area contributed by atoms with Crippen LogP contribution < -0.4 is 10.4 Å². The second-order valence-electron chi connectivity index (χ2n) is 4.92. The number of benzene rings is 1. The predicted molar refractivity (Wildman–Crippen MR) is 88.9 cm³/mol. The lowest BCUT2D eigenvalue weighted by Gasteiger charge is -2.19. The van der Waals surface area contributed by atoms with Crippen molar-refractivity contribution in [2.45, 2.75) is 12.8 Å². The molecule has 118 valence electrons. The molecule has 1 amide bonds. The van der Waals surface area contributed by atoms with Gasteiger partial charge in [-0.3, -0.25) is 15.2 Å². The lowest BCUT2D eigenvalue weighted by atomic mass is 10.3. The third kappa shape index (κ3) is 3.95. The first-order valence-corrected chi connectivity index (χ1v) is 8.05. The van der Waals surface area contributed by atoms with Crippen LogP contribution in [0.25, 0.3) is 10.7 Å². The molecule has 2 heterocycles. The molecule has 3 aromatic rings. The molecule has 6 nitrogen and oxygen atoms in total. The largest absolute Gasteiger partial charge is 0.339 e. The number of aryl methyl sites for hydroxylation is 1. The van der Waals surface area contributed by atoms with Crippen molar-refractivity contribution in [3.8, 4) is 10.7 Å². The predicted octanol–water partition coefficient (Wildman–Crippen LogP) is 2.90. The minimum atomic E-state index is -0.104. The molecule has 2 aromatic heterocycles. The number of hydrogen-bond acceptors (Lipinski definition) is 6. The number of nitrogens with zero attached hydrogens (tertiary/aromatic N) is 3. The van der Waals surface area contributed by atoms with Crippen LogP contribution in [-0.2, 0) is 11.2 Å². The summed E-state index contributed by atoms with van der Waals surface area (Å²) in [6, 6.07) is 13.5. The molecule has 0 fully saturated rings. The lowest BCUT2D eigenvalue weighted by molar-refractivity contribution is -0.121. The number of hydrazine groups is 1. The quantitative estimate of drug-likeness (QED) is 0.705. The van der Waals surface area contributed by atoms with Gasteiger partial charge in [-0.1, -0.05) is 29.4 Å². The summed E-state index contributed by atoms with van der Waals surface area (Å²) in [6.45, 7) is 0. The zero-order valence-corrected chi connectivity index (χ0v) is 13.4. The van der Waals surface area contributed by atoms with Crippen molar-refractivity contribution in [3.05, 3.63) is 53.7 Å². The van der Waals surface area contributed by atoms with E-state index < -0.39 is 0 Å². The molecule has 23 heavy (non-hydrogen) atoms. The second kappa shape index (κ2) is 7.06. The average molecular weight is 328 g/mol. The van der Waals surface area contributed by atoms with Gasteiger partial charge in [0, 0.05) is 19.9 Å². The molecule has 0 spiro atoms. The van der Waals surface area contributed by atoms with E-state index in [1.807, 2.05) is 47.8 Å². The third-order valence-corrected chi connectivity index (χ3v) is 4.08. The number of hydrogen-bond donors (Lipinski definition) is 1. The van der Waals surface area contributed by atoms with Gasteiger partial charge < -0.3 is 4.52 Å². The number of aromatic nitrogens is 2. The Kier molecular flexibility index (Phi) is 4.68. The summed E-state index contributed by atoms with van der Waals surface area (Å²) in [5.41, 5.74) is 3.72. The van der Waals surface area contributed by atoms with Gasteiger partial charge in [0.1, 0.15) is 0 Å². The summed E-state index contributed by atoms with van der Waals surface area (Å²) in [7, 11) is 1.80. The smallest absolute Gasteiger partial charge is 0.239 e. The van der Waals surface area contributed by atoms with Gasteiger partial charge in [0.25, 0.3) is 0 Å². The van der Waals surface area contributed by atoms with Crippen LogP contribution in [0, 0.1) is 0 Å². The number of carbonyl (C=O) groups is 1. The van der Waals surface area contributed by atoms with Crippen LogP contribution in [0.3, 0.4) is 0 Å². The topological polar surface area (TPSA) is 71.3 Å². The lowest BCUT2D eigenvalue weighted by Crippen LogP contribution is -2.39. The number of rotatable bonds is 6. The van der Waals surface area contributed by atoms with Crippen LogP contribution in [0.2, 0.25) is 0 Å².